The van der Waals surface area contributed by atoms with Gasteiger partial charge in [0.1, 0.15) is 0 Å². The number of benzene rings is 1. The van der Waals surface area contributed by atoms with Gasteiger partial charge in [-0.25, -0.2) is 0 Å². The number of piperidine rings is 1. The maximum atomic E-state index is 9.14. The van der Waals surface area contributed by atoms with Gasteiger partial charge in [-0.1, -0.05) is 11.6 Å². The van der Waals surface area contributed by atoms with Crippen LogP contribution in [0.3, 0.4) is 0 Å². The predicted octanol–water partition coefficient (Wildman–Crippen LogP) is 2.35. The SMILES string of the molecule is OCC1CCCN(c2[c]cc(Cl)cc2)C1. The third-order valence-corrected chi connectivity index (χ3v) is 3.11. The number of aliphatic hydroxyl groups is 1. The quantitative estimate of drug-likeness (QED) is 0.834. The van der Waals surface area contributed by atoms with Crippen LogP contribution in [-0.2, 0) is 0 Å². The predicted molar refractivity (Wildman–Crippen MR) is 62.3 cm³/mol. The van der Waals surface area contributed by atoms with Crippen LogP contribution in [0.1, 0.15) is 12.8 Å². The number of hydrogen-bond acceptors (Lipinski definition) is 2. The first-order valence-electron chi connectivity index (χ1n) is 5.32. The molecule has 1 heterocycles. The van der Waals surface area contributed by atoms with Gasteiger partial charge in [0.25, 0.3) is 0 Å². The standard InChI is InChI=1S/C12H15ClNO/c13-11-3-5-12(6-4-11)14-7-1-2-10(8-14)9-15/h3-5,10,15H,1-2,7-9H2. The molecule has 1 aliphatic heterocycles. The molecular formula is C12H15ClNO. The van der Waals surface area contributed by atoms with Gasteiger partial charge in [-0.2, -0.15) is 0 Å². The lowest BCUT2D eigenvalue weighted by atomic mass is 9.98. The van der Waals surface area contributed by atoms with Crippen molar-refractivity contribution in [2.24, 2.45) is 5.92 Å². The fraction of sp³-hybridized carbons (Fsp3) is 0.500. The second-order valence-electron chi connectivity index (χ2n) is 4.03. The highest BCUT2D eigenvalue weighted by atomic mass is 35.5. The molecule has 1 atom stereocenters. The van der Waals surface area contributed by atoms with Crippen LogP contribution in [0.4, 0.5) is 5.69 Å². The van der Waals surface area contributed by atoms with Crippen LogP contribution in [0, 0.1) is 12.0 Å². The van der Waals surface area contributed by atoms with Crippen molar-refractivity contribution in [2.45, 2.75) is 12.8 Å². The van der Waals surface area contributed by atoms with E-state index in [1.807, 2.05) is 12.1 Å². The molecule has 1 radical (unpaired) electrons. The summed E-state index contributed by atoms with van der Waals surface area (Å²) in [6, 6.07) is 8.83. The first-order valence-corrected chi connectivity index (χ1v) is 5.70. The molecule has 1 aromatic rings. The summed E-state index contributed by atoms with van der Waals surface area (Å²) in [5.74, 6) is 0.405. The van der Waals surface area contributed by atoms with Gasteiger partial charge in [-0.15, -0.1) is 0 Å². The molecule has 1 fully saturated rings. The molecule has 2 nitrogen and oxygen atoms in total. The van der Waals surface area contributed by atoms with Gasteiger partial charge in [0.05, 0.1) is 0 Å². The minimum atomic E-state index is 0.282. The number of rotatable bonds is 2. The van der Waals surface area contributed by atoms with E-state index < -0.39 is 0 Å². The van der Waals surface area contributed by atoms with E-state index >= 15 is 0 Å². The van der Waals surface area contributed by atoms with E-state index in [1.165, 1.54) is 0 Å². The molecule has 0 amide bonds. The van der Waals surface area contributed by atoms with Crippen LogP contribution in [-0.4, -0.2) is 24.8 Å². The van der Waals surface area contributed by atoms with Gasteiger partial charge in [-0.05, 0) is 37.0 Å². The maximum Gasteiger partial charge on any atom is 0.0476 e. The van der Waals surface area contributed by atoms with Crippen LogP contribution in [0.15, 0.2) is 18.2 Å². The van der Waals surface area contributed by atoms with Crippen LogP contribution >= 0.6 is 11.6 Å². The largest absolute Gasteiger partial charge is 0.396 e. The van der Waals surface area contributed by atoms with E-state index in [0.717, 1.165) is 36.6 Å². The number of aliphatic hydroxyl groups excluding tert-OH is 1. The average molecular weight is 225 g/mol. The number of nitrogens with zero attached hydrogens (tertiary/aromatic N) is 1. The maximum absolute atomic E-state index is 9.14. The lowest BCUT2D eigenvalue weighted by Gasteiger charge is -2.33. The monoisotopic (exact) mass is 224 g/mol. The first kappa shape index (κ1) is 10.8. The van der Waals surface area contributed by atoms with Gasteiger partial charge >= 0.3 is 0 Å². The van der Waals surface area contributed by atoms with Crippen molar-refractivity contribution >= 4 is 17.3 Å². The van der Waals surface area contributed by atoms with Crippen molar-refractivity contribution in [3.8, 4) is 0 Å². The normalized spacial score (nSPS) is 21.7. The minimum Gasteiger partial charge on any atom is -0.396 e. The van der Waals surface area contributed by atoms with Gasteiger partial charge in [0, 0.05) is 36.5 Å². The highest BCUT2D eigenvalue weighted by molar-refractivity contribution is 6.30. The fourth-order valence-electron chi connectivity index (χ4n) is 2.03. The molecule has 2 rings (SSSR count). The van der Waals surface area contributed by atoms with Crippen LogP contribution < -0.4 is 4.90 Å². The van der Waals surface area contributed by atoms with Crippen molar-refractivity contribution in [2.75, 3.05) is 24.6 Å². The summed E-state index contributed by atoms with van der Waals surface area (Å²) in [6.07, 6.45) is 2.27. The summed E-state index contributed by atoms with van der Waals surface area (Å²) in [7, 11) is 0. The van der Waals surface area contributed by atoms with E-state index in [2.05, 4.69) is 11.0 Å². The third kappa shape index (κ3) is 2.64. The Morgan fingerprint density at radius 1 is 1.53 bits per heavy atom. The molecule has 1 aromatic carbocycles. The third-order valence-electron chi connectivity index (χ3n) is 2.88. The molecule has 1 N–H and O–H groups in total. The highest BCUT2D eigenvalue weighted by Crippen LogP contribution is 2.23. The van der Waals surface area contributed by atoms with Crippen molar-refractivity contribution in [1.82, 2.24) is 0 Å². The molecule has 15 heavy (non-hydrogen) atoms. The van der Waals surface area contributed by atoms with Crippen molar-refractivity contribution in [3.05, 3.63) is 29.3 Å². The second kappa shape index (κ2) is 4.86. The lowest BCUT2D eigenvalue weighted by molar-refractivity contribution is 0.208. The summed E-state index contributed by atoms with van der Waals surface area (Å²) in [5, 5.41) is 9.86. The molecule has 1 unspecified atom stereocenters. The zero-order valence-corrected chi connectivity index (χ0v) is 9.37. The molecule has 0 spiro atoms. The van der Waals surface area contributed by atoms with E-state index in [4.69, 9.17) is 16.7 Å². The minimum absolute atomic E-state index is 0.282. The van der Waals surface area contributed by atoms with Gasteiger partial charge in [-0.3, -0.25) is 0 Å². The second-order valence-corrected chi connectivity index (χ2v) is 4.47. The molecule has 0 aromatic heterocycles. The Morgan fingerprint density at radius 3 is 3.07 bits per heavy atom. The molecule has 81 valence electrons. The van der Waals surface area contributed by atoms with Gasteiger partial charge in [0.15, 0.2) is 0 Å². The van der Waals surface area contributed by atoms with Crippen molar-refractivity contribution in [3.63, 3.8) is 0 Å². The van der Waals surface area contributed by atoms with E-state index in [-0.39, 0.29) is 6.61 Å². The van der Waals surface area contributed by atoms with E-state index in [1.54, 1.807) is 6.07 Å². The molecule has 1 aliphatic rings. The Kier molecular flexibility index (Phi) is 3.49. The molecule has 0 saturated carbocycles. The zero-order chi connectivity index (χ0) is 10.7. The molecule has 0 bridgehead atoms. The Morgan fingerprint density at radius 2 is 2.40 bits per heavy atom. The summed E-state index contributed by atoms with van der Waals surface area (Å²) in [6.45, 7) is 2.26. The smallest absolute Gasteiger partial charge is 0.0476 e. The van der Waals surface area contributed by atoms with E-state index in [0.29, 0.717) is 5.92 Å². The molecular weight excluding hydrogens is 210 g/mol. The highest BCUT2D eigenvalue weighted by Gasteiger charge is 2.19. The summed E-state index contributed by atoms with van der Waals surface area (Å²) in [5.41, 5.74) is 1.08. The lowest BCUT2D eigenvalue weighted by Crippen LogP contribution is -2.36. The van der Waals surface area contributed by atoms with Gasteiger partial charge < -0.3 is 10.0 Å². The Labute approximate surface area is 95.5 Å². The molecule has 1 saturated heterocycles. The fourth-order valence-corrected chi connectivity index (χ4v) is 2.14. The molecule has 0 aliphatic carbocycles. The number of anilines is 1. The average Bonchev–Trinajstić information content (AvgIpc) is 2.30. The van der Waals surface area contributed by atoms with Crippen LogP contribution in [0.25, 0.3) is 0 Å². The van der Waals surface area contributed by atoms with Gasteiger partial charge in [0.2, 0.25) is 0 Å². The van der Waals surface area contributed by atoms with Crippen LogP contribution in [0.2, 0.25) is 5.02 Å². The Balaban J connectivity index is 2.06. The van der Waals surface area contributed by atoms with Crippen molar-refractivity contribution in [1.29, 1.82) is 0 Å². The number of hydrogen-bond donors (Lipinski definition) is 1. The summed E-state index contributed by atoms with van der Waals surface area (Å²) < 4.78 is 0. The topological polar surface area (TPSA) is 23.5 Å². The Hall–Kier alpha value is -0.730. The Bertz CT molecular complexity index is 312. The molecule has 3 heteroatoms. The van der Waals surface area contributed by atoms with Crippen molar-refractivity contribution < 1.29 is 5.11 Å². The summed E-state index contributed by atoms with van der Waals surface area (Å²) >= 11 is 5.82. The first-order chi connectivity index (χ1) is 7.29. The zero-order valence-electron chi connectivity index (χ0n) is 8.62. The van der Waals surface area contributed by atoms with Crippen LogP contribution in [0.5, 0.6) is 0 Å². The summed E-state index contributed by atoms with van der Waals surface area (Å²) in [4.78, 5) is 2.26. The number of halogens is 1. The van der Waals surface area contributed by atoms with E-state index in [9.17, 15) is 0 Å².